The molecule has 0 aliphatic carbocycles. The van der Waals surface area contributed by atoms with E-state index in [0.717, 1.165) is 37.0 Å². The van der Waals surface area contributed by atoms with Gasteiger partial charge >= 0.3 is 5.69 Å². The van der Waals surface area contributed by atoms with Crippen LogP contribution in [0.15, 0.2) is 23.0 Å². The van der Waals surface area contributed by atoms with Gasteiger partial charge in [-0.15, -0.1) is 0 Å². The van der Waals surface area contributed by atoms with Crippen LogP contribution < -0.4 is 16.3 Å². The molecule has 2 aromatic rings. The van der Waals surface area contributed by atoms with Crippen LogP contribution in [0.2, 0.25) is 0 Å². The number of amides is 2. The summed E-state index contributed by atoms with van der Waals surface area (Å²) in [6, 6.07) is 4.96. The van der Waals surface area contributed by atoms with Crippen molar-refractivity contribution in [3.05, 3.63) is 34.2 Å². The van der Waals surface area contributed by atoms with Crippen LogP contribution in [0, 0.1) is 17.8 Å². The van der Waals surface area contributed by atoms with E-state index in [1.807, 2.05) is 32.0 Å². The van der Waals surface area contributed by atoms with Gasteiger partial charge in [0.2, 0.25) is 11.8 Å². The highest BCUT2D eigenvalue weighted by atomic mass is 16.2. The zero-order valence-electron chi connectivity index (χ0n) is 17.2. The van der Waals surface area contributed by atoms with Gasteiger partial charge in [0, 0.05) is 24.9 Å². The fraction of sp³-hybridized carbons (Fsp3) is 0.500. The number of fused-ring (bicyclic) bond motifs is 1. The number of aromatic nitrogens is 2. The maximum Gasteiger partial charge on any atom is 0.329 e. The Bertz CT molecular complexity index is 1030. The summed E-state index contributed by atoms with van der Waals surface area (Å²) in [4.78, 5) is 36.4. The highest BCUT2D eigenvalue weighted by molar-refractivity contribution is 6.00. The third-order valence-corrected chi connectivity index (χ3v) is 5.37. The molecule has 0 radical (unpaired) electrons. The Hall–Kier alpha value is -2.85. The maximum atomic E-state index is 12.7. The Morgan fingerprint density at radius 2 is 1.76 bits per heavy atom. The second-order valence-electron chi connectivity index (χ2n) is 7.18. The average Bonchev–Trinajstić information content (AvgIpc) is 2.99. The Labute approximate surface area is 170 Å². The van der Waals surface area contributed by atoms with Gasteiger partial charge < -0.3 is 5.32 Å². The van der Waals surface area contributed by atoms with Crippen molar-refractivity contribution in [3.8, 4) is 11.8 Å². The van der Waals surface area contributed by atoms with E-state index in [1.54, 1.807) is 7.05 Å². The Balaban J connectivity index is 0.00000117. The number of hydrogen-bond acceptors (Lipinski definition) is 4. The molecule has 3 heterocycles. The summed E-state index contributed by atoms with van der Waals surface area (Å²) in [5.74, 6) is 6.25. The van der Waals surface area contributed by atoms with E-state index in [4.69, 9.17) is 0 Å². The number of carbonyl (C=O) groups excluding carboxylic acids is 2. The Morgan fingerprint density at radius 3 is 2.45 bits per heavy atom. The number of hydrogen-bond donors (Lipinski definition) is 2. The van der Waals surface area contributed by atoms with Gasteiger partial charge in [0.25, 0.3) is 0 Å². The molecule has 1 atom stereocenters. The number of carbonyl (C=O) groups is 2. The maximum absolute atomic E-state index is 12.7. The first-order valence-electron chi connectivity index (χ1n) is 10.3. The zero-order chi connectivity index (χ0) is 21.0. The van der Waals surface area contributed by atoms with E-state index in [1.165, 1.54) is 9.13 Å². The number of benzene rings is 1. The van der Waals surface area contributed by atoms with E-state index in [2.05, 4.69) is 22.5 Å². The van der Waals surface area contributed by atoms with Crippen LogP contribution >= 0.6 is 0 Å². The summed E-state index contributed by atoms with van der Waals surface area (Å²) < 4.78 is 3.02. The van der Waals surface area contributed by atoms with Crippen LogP contribution in [0.25, 0.3) is 11.0 Å². The predicted molar refractivity (Wildman–Crippen MR) is 112 cm³/mol. The molecular weight excluding hydrogens is 368 g/mol. The van der Waals surface area contributed by atoms with Gasteiger partial charge in [-0.3, -0.25) is 24.0 Å². The van der Waals surface area contributed by atoms with Gasteiger partial charge in [0.05, 0.1) is 11.0 Å². The molecule has 0 saturated carbocycles. The van der Waals surface area contributed by atoms with Crippen LogP contribution in [-0.2, 0) is 16.6 Å². The Kier molecular flexibility index (Phi) is 6.55. The quantitative estimate of drug-likeness (QED) is 0.568. The van der Waals surface area contributed by atoms with Crippen LogP contribution in [0.4, 0.5) is 0 Å². The first-order chi connectivity index (χ1) is 14.0. The molecule has 2 saturated heterocycles. The van der Waals surface area contributed by atoms with Crippen molar-refractivity contribution in [2.45, 2.75) is 45.6 Å². The molecule has 29 heavy (non-hydrogen) atoms. The molecule has 1 unspecified atom stereocenters. The number of piperidine rings is 2. The topological polar surface area (TPSA) is 85.1 Å². The van der Waals surface area contributed by atoms with E-state index < -0.39 is 11.9 Å². The lowest BCUT2D eigenvalue weighted by atomic mass is 9.98. The number of nitrogens with one attached hydrogen (secondary N) is 2. The van der Waals surface area contributed by atoms with Crippen molar-refractivity contribution in [3.63, 3.8) is 0 Å². The molecule has 2 amide bonds. The summed E-state index contributed by atoms with van der Waals surface area (Å²) in [6.07, 6.45) is 2.68. The zero-order valence-corrected chi connectivity index (χ0v) is 17.2. The lowest BCUT2D eigenvalue weighted by Crippen LogP contribution is -2.44. The summed E-state index contributed by atoms with van der Waals surface area (Å²) in [6.45, 7) is 6.00. The van der Waals surface area contributed by atoms with Crippen molar-refractivity contribution in [1.29, 1.82) is 0 Å². The third-order valence-electron chi connectivity index (χ3n) is 5.37. The van der Waals surface area contributed by atoms with Crippen LogP contribution in [0.5, 0.6) is 0 Å². The highest BCUT2D eigenvalue weighted by Crippen LogP contribution is 2.23. The molecule has 154 valence electrons. The lowest BCUT2D eigenvalue weighted by molar-refractivity contribution is -0.135. The van der Waals surface area contributed by atoms with E-state index in [9.17, 15) is 14.4 Å². The minimum atomic E-state index is -0.662. The molecule has 2 aliphatic heterocycles. The lowest BCUT2D eigenvalue weighted by Gasteiger charge is -2.21. The van der Waals surface area contributed by atoms with Crippen LogP contribution in [0.3, 0.4) is 0 Å². The standard InChI is InChI=1S/C20H22N4O3.C2H6/c1-23-17-12-14(3-2-13-8-10-21-11-9-13)4-5-15(17)24(20(23)27)16-6-7-18(25)22-19(16)26;1-2/h4-5,12-13,16,21H,6-11H2,1H3,(H,22,25,26);1-2H3. The molecule has 2 fully saturated rings. The van der Waals surface area contributed by atoms with Gasteiger partial charge in [-0.2, -0.15) is 0 Å². The number of nitrogens with zero attached hydrogens (tertiary/aromatic N) is 2. The predicted octanol–water partition coefficient (Wildman–Crippen LogP) is 1.69. The summed E-state index contributed by atoms with van der Waals surface area (Å²) in [5, 5.41) is 5.65. The van der Waals surface area contributed by atoms with E-state index in [-0.39, 0.29) is 18.0 Å². The number of imidazole rings is 1. The van der Waals surface area contributed by atoms with Crippen LogP contribution in [-0.4, -0.2) is 34.0 Å². The molecule has 0 spiro atoms. The normalized spacial score (nSPS) is 19.8. The van der Waals surface area contributed by atoms with E-state index >= 15 is 0 Å². The molecule has 1 aromatic carbocycles. The van der Waals surface area contributed by atoms with Gasteiger partial charge in [-0.25, -0.2) is 4.79 Å². The first kappa shape index (κ1) is 20.9. The summed E-state index contributed by atoms with van der Waals surface area (Å²) in [5.41, 5.74) is 2.02. The minimum absolute atomic E-state index is 0.235. The molecular formula is C22H28N4O3. The number of aryl methyl sites for hydroxylation is 1. The molecule has 2 N–H and O–H groups in total. The fourth-order valence-corrected chi connectivity index (χ4v) is 3.82. The molecule has 7 nitrogen and oxygen atoms in total. The second kappa shape index (κ2) is 9.10. The van der Waals surface area contributed by atoms with Gasteiger partial charge in [0.15, 0.2) is 0 Å². The summed E-state index contributed by atoms with van der Waals surface area (Å²) >= 11 is 0. The minimum Gasteiger partial charge on any atom is -0.317 e. The average molecular weight is 396 g/mol. The van der Waals surface area contributed by atoms with E-state index in [0.29, 0.717) is 17.9 Å². The fourth-order valence-electron chi connectivity index (χ4n) is 3.82. The molecule has 4 rings (SSSR count). The number of rotatable bonds is 1. The first-order valence-corrected chi connectivity index (χ1v) is 10.3. The SMILES string of the molecule is CC.Cn1c(=O)n(C2CCC(=O)NC2=O)c2ccc(C#CC3CCNCC3)cc21. The van der Waals surface area contributed by atoms with Crippen molar-refractivity contribution in [1.82, 2.24) is 19.8 Å². The Morgan fingerprint density at radius 1 is 1.03 bits per heavy atom. The largest absolute Gasteiger partial charge is 0.329 e. The highest BCUT2D eigenvalue weighted by Gasteiger charge is 2.31. The third kappa shape index (κ3) is 4.28. The van der Waals surface area contributed by atoms with Gasteiger partial charge in [-0.1, -0.05) is 25.7 Å². The van der Waals surface area contributed by atoms with Gasteiger partial charge in [-0.05, 0) is 50.6 Å². The molecule has 2 aliphatic rings. The molecule has 1 aromatic heterocycles. The van der Waals surface area contributed by atoms with Crippen molar-refractivity contribution in [2.75, 3.05) is 13.1 Å². The molecule has 7 heteroatoms. The molecule has 0 bridgehead atoms. The second-order valence-corrected chi connectivity index (χ2v) is 7.18. The van der Waals surface area contributed by atoms with Gasteiger partial charge in [0.1, 0.15) is 6.04 Å². The van der Waals surface area contributed by atoms with Crippen LogP contribution in [0.1, 0.15) is 51.1 Å². The van der Waals surface area contributed by atoms with Crippen molar-refractivity contribution in [2.24, 2.45) is 13.0 Å². The van der Waals surface area contributed by atoms with Crippen molar-refractivity contribution >= 4 is 22.8 Å². The smallest absolute Gasteiger partial charge is 0.317 e. The number of imide groups is 1. The van der Waals surface area contributed by atoms with Crippen molar-refractivity contribution < 1.29 is 9.59 Å². The summed E-state index contributed by atoms with van der Waals surface area (Å²) in [7, 11) is 1.69. The monoisotopic (exact) mass is 396 g/mol.